The molecule has 84 valence electrons. The van der Waals surface area contributed by atoms with Crippen LogP contribution in [0.15, 0.2) is 36.1 Å². The van der Waals surface area contributed by atoms with Crippen molar-refractivity contribution < 1.29 is 0 Å². The van der Waals surface area contributed by atoms with Gasteiger partial charge in [-0.05, 0) is 38.2 Å². The van der Waals surface area contributed by atoms with E-state index in [0.29, 0.717) is 0 Å². The minimum Gasteiger partial charge on any atom is -0.375 e. The summed E-state index contributed by atoms with van der Waals surface area (Å²) < 4.78 is 0. The van der Waals surface area contributed by atoms with Crippen LogP contribution in [0.5, 0.6) is 0 Å². The molecule has 0 aliphatic carbocycles. The van der Waals surface area contributed by atoms with Crippen molar-refractivity contribution in [2.45, 2.75) is 39.5 Å². The van der Waals surface area contributed by atoms with Crippen molar-refractivity contribution in [1.82, 2.24) is 4.90 Å². The Morgan fingerprint density at radius 1 is 1.27 bits per heavy atom. The fourth-order valence-corrected chi connectivity index (χ4v) is 2.11. The molecule has 15 heavy (non-hydrogen) atoms. The van der Waals surface area contributed by atoms with Gasteiger partial charge >= 0.3 is 0 Å². The van der Waals surface area contributed by atoms with Crippen LogP contribution in [-0.2, 0) is 0 Å². The van der Waals surface area contributed by atoms with Crippen LogP contribution in [0, 0.1) is 0 Å². The molecule has 1 aliphatic heterocycles. The van der Waals surface area contributed by atoms with Crippen LogP contribution in [0.2, 0.25) is 0 Å². The van der Waals surface area contributed by atoms with Gasteiger partial charge in [0.1, 0.15) is 0 Å². The third-order valence-corrected chi connectivity index (χ3v) is 3.11. The van der Waals surface area contributed by atoms with Gasteiger partial charge in [-0.1, -0.05) is 31.7 Å². The summed E-state index contributed by atoms with van der Waals surface area (Å²) in [5, 5.41) is 0. The van der Waals surface area contributed by atoms with Gasteiger partial charge in [0.15, 0.2) is 0 Å². The van der Waals surface area contributed by atoms with Crippen LogP contribution in [0.25, 0.3) is 0 Å². The lowest BCUT2D eigenvalue weighted by atomic mass is 10.1. The first kappa shape index (κ1) is 12.1. The Bertz CT molecular complexity index is 255. The number of hydrogen-bond donors (Lipinski definition) is 0. The summed E-state index contributed by atoms with van der Waals surface area (Å²) in [5.41, 5.74) is 2.90. The monoisotopic (exact) mass is 205 g/mol. The predicted octanol–water partition coefficient (Wildman–Crippen LogP) is 3.90. The van der Waals surface area contributed by atoms with Crippen molar-refractivity contribution in [3.8, 4) is 0 Å². The number of likely N-dealkylation sites (tertiary alicyclic amines) is 1. The summed E-state index contributed by atoms with van der Waals surface area (Å²) >= 11 is 0. The molecule has 0 spiro atoms. The first-order chi connectivity index (χ1) is 7.29. The van der Waals surface area contributed by atoms with Crippen LogP contribution in [0.1, 0.15) is 39.5 Å². The number of piperidine rings is 1. The Labute approximate surface area is 94.2 Å². The Morgan fingerprint density at radius 3 is 2.47 bits per heavy atom. The van der Waals surface area contributed by atoms with E-state index in [1.807, 2.05) is 12.2 Å². The van der Waals surface area contributed by atoms with E-state index in [1.165, 1.54) is 43.6 Å². The Balaban J connectivity index is 2.73. The average Bonchev–Trinajstić information content (AvgIpc) is 2.31. The molecule has 0 radical (unpaired) electrons. The molecule has 1 aliphatic rings. The van der Waals surface area contributed by atoms with Gasteiger partial charge in [0, 0.05) is 18.8 Å². The van der Waals surface area contributed by atoms with Gasteiger partial charge in [-0.3, -0.25) is 0 Å². The van der Waals surface area contributed by atoms with E-state index in [1.54, 1.807) is 0 Å². The highest BCUT2D eigenvalue weighted by Crippen LogP contribution is 2.19. The molecular weight excluding hydrogens is 182 g/mol. The molecule has 0 aromatic rings. The molecule has 1 saturated heterocycles. The summed E-state index contributed by atoms with van der Waals surface area (Å²) in [5.74, 6) is 0. The van der Waals surface area contributed by atoms with E-state index in [9.17, 15) is 0 Å². The summed E-state index contributed by atoms with van der Waals surface area (Å²) in [7, 11) is 0. The normalized spacial score (nSPS) is 19.2. The topological polar surface area (TPSA) is 3.24 Å². The zero-order chi connectivity index (χ0) is 11.1. The molecule has 0 atom stereocenters. The molecule has 0 saturated carbocycles. The lowest BCUT2D eigenvalue weighted by Gasteiger charge is -2.30. The average molecular weight is 205 g/mol. The summed E-state index contributed by atoms with van der Waals surface area (Å²) in [6.45, 7) is 10.6. The van der Waals surface area contributed by atoms with Crippen LogP contribution >= 0.6 is 0 Å². The first-order valence-electron chi connectivity index (χ1n) is 6.03. The van der Waals surface area contributed by atoms with E-state index in [4.69, 9.17) is 0 Å². The second kappa shape index (κ2) is 6.49. The van der Waals surface area contributed by atoms with Gasteiger partial charge in [0.05, 0.1) is 0 Å². The van der Waals surface area contributed by atoms with Gasteiger partial charge in [0.25, 0.3) is 0 Å². The van der Waals surface area contributed by atoms with Crippen molar-refractivity contribution in [3.63, 3.8) is 0 Å². The first-order valence-corrected chi connectivity index (χ1v) is 6.03. The Kier molecular flexibility index (Phi) is 5.23. The second-order valence-corrected chi connectivity index (χ2v) is 4.11. The van der Waals surface area contributed by atoms with Crippen molar-refractivity contribution in [2.24, 2.45) is 0 Å². The van der Waals surface area contributed by atoms with Gasteiger partial charge in [-0.2, -0.15) is 0 Å². The molecule has 0 amide bonds. The molecule has 0 aromatic heterocycles. The highest BCUT2D eigenvalue weighted by molar-refractivity contribution is 5.26. The van der Waals surface area contributed by atoms with E-state index < -0.39 is 0 Å². The smallest absolute Gasteiger partial charge is 0.0175 e. The summed E-state index contributed by atoms with van der Waals surface area (Å²) in [4.78, 5) is 2.52. The Morgan fingerprint density at radius 2 is 1.93 bits per heavy atom. The maximum absolute atomic E-state index is 3.72. The van der Waals surface area contributed by atoms with E-state index in [0.717, 1.165) is 6.42 Å². The molecular formula is C14H23N. The van der Waals surface area contributed by atoms with Gasteiger partial charge in [-0.15, -0.1) is 0 Å². The van der Waals surface area contributed by atoms with E-state index in [2.05, 4.69) is 31.4 Å². The molecule has 1 fully saturated rings. The van der Waals surface area contributed by atoms with Crippen LogP contribution < -0.4 is 0 Å². The van der Waals surface area contributed by atoms with Crippen LogP contribution in [0.3, 0.4) is 0 Å². The largest absolute Gasteiger partial charge is 0.375 e. The zero-order valence-corrected chi connectivity index (χ0v) is 10.1. The molecule has 1 nitrogen and oxygen atoms in total. The minimum atomic E-state index is 1.10. The van der Waals surface area contributed by atoms with Crippen molar-refractivity contribution in [1.29, 1.82) is 0 Å². The lowest BCUT2D eigenvalue weighted by Crippen LogP contribution is -2.28. The maximum atomic E-state index is 3.72. The highest BCUT2D eigenvalue weighted by atomic mass is 15.1. The van der Waals surface area contributed by atoms with Gasteiger partial charge < -0.3 is 4.90 Å². The highest BCUT2D eigenvalue weighted by Gasteiger charge is 2.11. The van der Waals surface area contributed by atoms with Crippen molar-refractivity contribution in [2.75, 3.05) is 13.1 Å². The fourth-order valence-electron chi connectivity index (χ4n) is 2.11. The maximum Gasteiger partial charge on any atom is 0.0175 e. The molecule has 0 N–H and O–H groups in total. The third-order valence-electron chi connectivity index (χ3n) is 3.11. The van der Waals surface area contributed by atoms with Crippen LogP contribution in [-0.4, -0.2) is 18.0 Å². The SMILES string of the molecule is C=C/C=C\C(CC)=C(/C)N1CCCCC1. The molecule has 1 heterocycles. The zero-order valence-electron chi connectivity index (χ0n) is 10.1. The quantitative estimate of drug-likeness (QED) is 0.629. The minimum absolute atomic E-state index is 1.10. The number of rotatable bonds is 4. The molecule has 1 rings (SSSR count). The van der Waals surface area contributed by atoms with E-state index in [-0.39, 0.29) is 0 Å². The molecule has 0 unspecified atom stereocenters. The van der Waals surface area contributed by atoms with Crippen LogP contribution in [0.4, 0.5) is 0 Å². The van der Waals surface area contributed by atoms with Crippen molar-refractivity contribution >= 4 is 0 Å². The second-order valence-electron chi connectivity index (χ2n) is 4.11. The fraction of sp³-hybridized carbons (Fsp3) is 0.571. The number of hydrogen-bond acceptors (Lipinski definition) is 1. The Hall–Kier alpha value is -0.980. The third kappa shape index (κ3) is 3.58. The number of allylic oxidation sites excluding steroid dienone is 5. The summed E-state index contributed by atoms with van der Waals surface area (Å²) in [6, 6.07) is 0. The number of nitrogens with zero attached hydrogens (tertiary/aromatic N) is 1. The van der Waals surface area contributed by atoms with Gasteiger partial charge in [0.2, 0.25) is 0 Å². The standard InChI is InChI=1S/C14H23N/c1-4-6-10-14(5-2)13(3)15-11-8-7-9-12-15/h4,6,10H,1,5,7-9,11-12H2,2-3H3/b10-6-,14-13+. The van der Waals surface area contributed by atoms with E-state index >= 15 is 0 Å². The summed E-state index contributed by atoms with van der Waals surface area (Å²) in [6.07, 6.45) is 11.3. The molecule has 0 bridgehead atoms. The van der Waals surface area contributed by atoms with Crippen molar-refractivity contribution in [3.05, 3.63) is 36.1 Å². The lowest BCUT2D eigenvalue weighted by molar-refractivity contribution is 0.283. The molecule has 0 aromatic carbocycles. The molecule has 1 heteroatoms. The van der Waals surface area contributed by atoms with Gasteiger partial charge in [-0.25, -0.2) is 0 Å². The predicted molar refractivity (Wildman–Crippen MR) is 67.8 cm³/mol.